The molecule has 1 heterocycles. The fraction of sp³-hybridized carbons (Fsp3) is 0.737. The maximum absolute atomic E-state index is 12.3. The number of carbonyl (C=O) groups excluding carboxylic acids is 3. The predicted molar refractivity (Wildman–Crippen MR) is 198 cm³/mol. The predicted octanol–water partition coefficient (Wildman–Crippen LogP) is 1.65. The van der Waals surface area contributed by atoms with Crippen molar-refractivity contribution in [2.24, 2.45) is 0 Å². The number of nitrogens with zero attached hydrogens (tertiary/aromatic N) is 1. The Morgan fingerprint density at radius 2 is 0.714 bits per heavy atom. The van der Waals surface area contributed by atoms with Crippen molar-refractivity contribution >= 4 is 23.8 Å². The highest BCUT2D eigenvalue weighted by molar-refractivity contribution is 6.21. The minimum atomic E-state index is -0.868. The van der Waals surface area contributed by atoms with E-state index in [2.05, 4.69) is 0 Å². The third-order valence-electron chi connectivity index (χ3n) is 7.57. The van der Waals surface area contributed by atoms with Crippen LogP contribution in [0.15, 0.2) is 24.3 Å². The smallest absolute Gasteiger partial charge is 0.305 e. The SMILES string of the molecule is O=C(O)CCCCC(=O)OCCOCCOCCOCCOCCOCCOCCOCCOCCOCCOCCOCCN1C(=O)c2ccccc2C1=O. The maximum atomic E-state index is 12.3. The monoisotopic (exact) mass is 803 g/mol. The summed E-state index contributed by atoms with van der Waals surface area (Å²) >= 11 is 0. The second kappa shape index (κ2) is 35.1. The molecule has 18 heteroatoms. The molecular formula is C38H61NO17. The van der Waals surface area contributed by atoms with Crippen LogP contribution < -0.4 is 0 Å². The van der Waals surface area contributed by atoms with Crippen molar-refractivity contribution in [3.8, 4) is 0 Å². The first kappa shape index (κ1) is 49.0. The number of carboxylic acid groups (broad SMARTS) is 1. The van der Waals surface area contributed by atoms with Gasteiger partial charge >= 0.3 is 11.9 Å². The van der Waals surface area contributed by atoms with Gasteiger partial charge in [-0.15, -0.1) is 0 Å². The molecule has 56 heavy (non-hydrogen) atoms. The molecule has 0 radical (unpaired) electrons. The molecule has 0 unspecified atom stereocenters. The summed E-state index contributed by atoms with van der Waals surface area (Å²) in [6, 6.07) is 6.79. The van der Waals surface area contributed by atoms with Crippen LogP contribution >= 0.6 is 0 Å². The normalized spacial score (nSPS) is 12.5. The molecule has 18 nitrogen and oxygen atoms in total. The number of rotatable bonds is 41. The summed E-state index contributed by atoms with van der Waals surface area (Å²) in [6.45, 7) is 9.63. The Morgan fingerprint density at radius 3 is 1.04 bits per heavy atom. The lowest BCUT2D eigenvalue weighted by atomic mass is 10.1. The summed E-state index contributed by atoms with van der Waals surface area (Å²) in [5, 5.41) is 8.56. The molecule has 1 aliphatic rings. The van der Waals surface area contributed by atoms with Crippen LogP contribution in [0.3, 0.4) is 0 Å². The van der Waals surface area contributed by atoms with Crippen LogP contribution in [0.4, 0.5) is 0 Å². The van der Waals surface area contributed by atoms with Crippen molar-refractivity contribution in [1.82, 2.24) is 4.90 Å². The van der Waals surface area contributed by atoms with E-state index < -0.39 is 5.97 Å². The first-order valence-electron chi connectivity index (χ1n) is 19.2. The molecular weight excluding hydrogens is 742 g/mol. The molecule has 0 atom stereocenters. The van der Waals surface area contributed by atoms with E-state index in [0.29, 0.717) is 156 Å². The Kier molecular flexibility index (Phi) is 30.7. The number of imide groups is 1. The van der Waals surface area contributed by atoms with Crippen LogP contribution in [0.2, 0.25) is 0 Å². The highest BCUT2D eigenvalue weighted by Crippen LogP contribution is 2.21. The van der Waals surface area contributed by atoms with Crippen molar-refractivity contribution in [3.63, 3.8) is 0 Å². The van der Waals surface area contributed by atoms with Gasteiger partial charge in [0.25, 0.3) is 11.8 Å². The highest BCUT2D eigenvalue weighted by Gasteiger charge is 2.34. The number of fused-ring (bicyclic) bond motifs is 1. The van der Waals surface area contributed by atoms with Gasteiger partial charge in [0, 0.05) is 12.8 Å². The van der Waals surface area contributed by atoms with Crippen LogP contribution in [0.25, 0.3) is 0 Å². The lowest BCUT2D eigenvalue weighted by molar-refractivity contribution is -0.146. The zero-order valence-corrected chi connectivity index (χ0v) is 32.5. The second-order valence-corrected chi connectivity index (χ2v) is 11.9. The van der Waals surface area contributed by atoms with Gasteiger partial charge in [0.1, 0.15) is 6.61 Å². The van der Waals surface area contributed by atoms with Gasteiger partial charge in [-0.2, -0.15) is 0 Å². The number of esters is 1. The molecule has 320 valence electrons. The molecule has 1 aromatic carbocycles. The van der Waals surface area contributed by atoms with Gasteiger partial charge in [-0.1, -0.05) is 12.1 Å². The average Bonchev–Trinajstić information content (AvgIpc) is 3.44. The fourth-order valence-electron chi connectivity index (χ4n) is 4.73. The number of unbranched alkanes of at least 4 members (excludes halogenated alkanes) is 1. The number of carboxylic acids is 1. The Bertz CT molecular complexity index is 1140. The van der Waals surface area contributed by atoms with Gasteiger partial charge < -0.3 is 61.9 Å². The van der Waals surface area contributed by atoms with E-state index in [1.807, 2.05) is 0 Å². The molecule has 0 fully saturated rings. The molecule has 2 amide bonds. The molecule has 0 saturated carbocycles. The van der Waals surface area contributed by atoms with Gasteiger partial charge in [-0.25, -0.2) is 0 Å². The second-order valence-electron chi connectivity index (χ2n) is 11.9. The van der Waals surface area contributed by atoms with Gasteiger partial charge in [-0.05, 0) is 25.0 Å². The molecule has 1 aliphatic heterocycles. The van der Waals surface area contributed by atoms with E-state index in [1.54, 1.807) is 24.3 Å². The molecule has 1 N–H and O–H groups in total. The number of ether oxygens (including phenoxy) is 12. The van der Waals surface area contributed by atoms with E-state index in [0.717, 1.165) is 0 Å². The van der Waals surface area contributed by atoms with E-state index in [9.17, 15) is 19.2 Å². The van der Waals surface area contributed by atoms with Crippen molar-refractivity contribution in [3.05, 3.63) is 35.4 Å². The fourth-order valence-corrected chi connectivity index (χ4v) is 4.73. The molecule has 2 rings (SSSR count). The van der Waals surface area contributed by atoms with E-state index in [1.165, 1.54) is 4.90 Å². The summed E-state index contributed by atoms with van der Waals surface area (Å²) < 4.78 is 65.0. The van der Waals surface area contributed by atoms with Gasteiger partial charge in [0.2, 0.25) is 0 Å². The quantitative estimate of drug-likeness (QED) is 0.0568. The van der Waals surface area contributed by atoms with Crippen molar-refractivity contribution in [1.29, 1.82) is 0 Å². The molecule has 1 aromatic rings. The zero-order valence-electron chi connectivity index (χ0n) is 32.5. The maximum Gasteiger partial charge on any atom is 0.305 e. The summed E-state index contributed by atoms with van der Waals surface area (Å²) in [5.41, 5.74) is 0.869. The van der Waals surface area contributed by atoms with Gasteiger partial charge in [0.05, 0.1) is 163 Å². The minimum absolute atomic E-state index is 0.0536. The van der Waals surface area contributed by atoms with Gasteiger partial charge in [0.15, 0.2) is 0 Å². The largest absolute Gasteiger partial charge is 0.481 e. The van der Waals surface area contributed by atoms with Crippen LogP contribution in [-0.4, -0.2) is 192 Å². The zero-order chi connectivity index (χ0) is 40.2. The van der Waals surface area contributed by atoms with Crippen LogP contribution in [-0.2, 0) is 66.4 Å². The van der Waals surface area contributed by atoms with Crippen molar-refractivity contribution < 1.29 is 81.1 Å². The number of aliphatic carboxylic acids is 1. The summed E-state index contributed by atoms with van der Waals surface area (Å²) in [4.78, 5) is 47.8. The minimum Gasteiger partial charge on any atom is -0.481 e. The Morgan fingerprint density at radius 1 is 0.429 bits per heavy atom. The molecule has 0 aromatic heterocycles. The van der Waals surface area contributed by atoms with Crippen LogP contribution in [0.5, 0.6) is 0 Å². The summed E-state index contributed by atoms with van der Waals surface area (Å²) in [5.74, 6) is -1.79. The third kappa shape index (κ3) is 25.9. The van der Waals surface area contributed by atoms with Crippen LogP contribution in [0.1, 0.15) is 46.4 Å². The number of hydrogen-bond donors (Lipinski definition) is 1. The molecule has 0 bridgehead atoms. The summed E-state index contributed by atoms with van der Waals surface area (Å²) in [6.07, 6.45) is 1.21. The van der Waals surface area contributed by atoms with E-state index >= 15 is 0 Å². The number of hydrogen-bond acceptors (Lipinski definition) is 16. The molecule has 0 saturated heterocycles. The number of carbonyl (C=O) groups is 4. The first-order chi connectivity index (χ1) is 27.5. The Balaban J connectivity index is 1.16. The van der Waals surface area contributed by atoms with Crippen LogP contribution in [0, 0.1) is 0 Å². The highest BCUT2D eigenvalue weighted by atomic mass is 16.6. The molecule has 0 aliphatic carbocycles. The number of amides is 2. The standard InChI is InChI=1S/C38H61NO17/c40-35(41)7-3-4-8-36(42)56-32-31-55-30-29-54-28-27-53-26-25-52-24-23-51-22-21-50-20-19-49-18-17-48-16-15-47-14-13-46-12-11-45-10-9-39-37(43)33-5-1-2-6-34(33)38(39)44/h1-2,5-6H,3-4,7-32H2,(H,40,41). The first-order valence-corrected chi connectivity index (χ1v) is 19.2. The van der Waals surface area contributed by atoms with Crippen molar-refractivity contribution in [2.75, 3.05) is 159 Å². The number of benzene rings is 1. The third-order valence-corrected chi connectivity index (χ3v) is 7.57. The average molecular weight is 804 g/mol. The Hall–Kier alpha value is -3.14. The molecule has 0 spiro atoms. The lowest BCUT2D eigenvalue weighted by Crippen LogP contribution is -2.33. The van der Waals surface area contributed by atoms with Crippen molar-refractivity contribution in [2.45, 2.75) is 25.7 Å². The summed E-state index contributed by atoms with van der Waals surface area (Å²) in [7, 11) is 0. The van der Waals surface area contributed by atoms with E-state index in [-0.39, 0.29) is 57.0 Å². The lowest BCUT2D eigenvalue weighted by Gasteiger charge is -2.13. The Labute approximate surface area is 329 Å². The topological polar surface area (TPSA) is 203 Å². The van der Waals surface area contributed by atoms with E-state index in [4.69, 9.17) is 61.9 Å². The van der Waals surface area contributed by atoms with Gasteiger partial charge in [-0.3, -0.25) is 24.1 Å².